The van der Waals surface area contributed by atoms with Crippen LogP contribution in [0.1, 0.15) is 0 Å². The normalized spacial score (nSPS) is 11.3. The Bertz CT molecular complexity index is 744. The third-order valence-corrected chi connectivity index (χ3v) is 5.50. The number of ether oxygens (including phenoxy) is 1. The summed E-state index contributed by atoms with van der Waals surface area (Å²) in [7, 11) is -2.43. The molecule has 0 atom stereocenters. The van der Waals surface area contributed by atoms with E-state index in [4.69, 9.17) is 33.7 Å². The Kier molecular flexibility index (Phi) is 4.33. The van der Waals surface area contributed by atoms with Crippen LogP contribution in [0.15, 0.2) is 29.2 Å². The fraction of sp³-hybridized carbons (Fsp3) is 0.0909. The highest BCUT2D eigenvalue weighted by Crippen LogP contribution is 2.36. The van der Waals surface area contributed by atoms with Crippen molar-refractivity contribution in [2.45, 2.75) is 4.90 Å². The molecule has 0 unspecified atom stereocenters. The molecule has 0 fully saturated rings. The molecule has 0 radical (unpaired) electrons. The molecule has 0 aliphatic rings. The predicted molar refractivity (Wildman–Crippen MR) is 82.6 cm³/mol. The first kappa shape index (κ1) is 15.2. The summed E-state index contributed by atoms with van der Waals surface area (Å²) in [5.41, 5.74) is 6.33. The Hall–Kier alpha value is -1.15. The molecule has 2 aromatic rings. The number of methoxy groups -OCH3 is 1. The van der Waals surface area contributed by atoms with E-state index < -0.39 is 10.0 Å². The van der Waals surface area contributed by atoms with Crippen molar-refractivity contribution in [1.29, 1.82) is 0 Å². The average molecular weight is 353 g/mol. The van der Waals surface area contributed by atoms with E-state index in [1.807, 2.05) is 0 Å². The Morgan fingerprint density at radius 1 is 1.30 bits per heavy atom. The van der Waals surface area contributed by atoms with E-state index in [2.05, 4.69) is 4.72 Å². The lowest BCUT2D eigenvalue weighted by Crippen LogP contribution is -2.13. The predicted octanol–water partition coefficient (Wildman–Crippen LogP) is 3.45. The van der Waals surface area contributed by atoms with Crippen LogP contribution in [-0.4, -0.2) is 15.5 Å². The highest BCUT2D eigenvalue weighted by molar-refractivity contribution is 7.93. The standard InChI is InChI=1S/C11H10Cl2N2O3S2/c1-18-8-4-6(14)2-3-7(8)15-20(16,17)9-5-10(12)19-11(9)13/h2-5,15H,14H2,1H3. The molecule has 5 nitrogen and oxygen atoms in total. The van der Waals surface area contributed by atoms with Crippen molar-refractivity contribution in [2.24, 2.45) is 0 Å². The van der Waals surface area contributed by atoms with Gasteiger partial charge in [0.25, 0.3) is 10.0 Å². The average Bonchev–Trinajstić information content (AvgIpc) is 2.71. The van der Waals surface area contributed by atoms with Crippen LogP contribution in [0.2, 0.25) is 8.67 Å². The third kappa shape index (κ3) is 3.12. The van der Waals surface area contributed by atoms with Crippen LogP contribution in [0.5, 0.6) is 5.75 Å². The Balaban J connectivity index is 2.41. The highest BCUT2D eigenvalue weighted by atomic mass is 35.5. The summed E-state index contributed by atoms with van der Waals surface area (Å²) < 4.78 is 32.4. The molecular formula is C11H10Cl2N2O3S2. The van der Waals surface area contributed by atoms with Gasteiger partial charge in [0.2, 0.25) is 0 Å². The maximum absolute atomic E-state index is 12.3. The molecule has 0 bridgehead atoms. The van der Waals surface area contributed by atoms with Gasteiger partial charge in [-0.3, -0.25) is 4.72 Å². The number of nitrogens with two attached hydrogens (primary N) is 1. The van der Waals surface area contributed by atoms with Gasteiger partial charge < -0.3 is 10.5 Å². The number of thiophene rings is 1. The zero-order valence-electron chi connectivity index (χ0n) is 10.2. The lowest BCUT2D eigenvalue weighted by Gasteiger charge is -2.11. The lowest BCUT2D eigenvalue weighted by molar-refractivity contribution is 0.417. The van der Waals surface area contributed by atoms with Crippen LogP contribution in [0.25, 0.3) is 0 Å². The number of hydrogen-bond acceptors (Lipinski definition) is 5. The first-order chi connectivity index (χ1) is 9.33. The molecule has 0 saturated heterocycles. The van der Waals surface area contributed by atoms with Gasteiger partial charge in [-0.25, -0.2) is 8.42 Å². The number of nitrogens with one attached hydrogen (secondary N) is 1. The number of rotatable bonds is 4. The van der Waals surface area contributed by atoms with Gasteiger partial charge in [-0.1, -0.05) is 23.2 Å². The van der Waals surface area contributed by atoms with Crippen LogP contribution in [0.3, 0.4) is 0 Å². The van der Waals surface area contributed by atoms with E-state index in [1.54, 1.807) is 6.07 Å². The molecule has 0 saturated carbocycles. The molecule has 2 rings (SSSR count). The van der Waals surface area contributed by atoms with Gasteiger partial charge in [0, 0.05) is 11.8 Å². The molecule has 1 heterocycles. The van der Waals surface area contributed by atoms with Crippen molar-refractivity contribution in [1.82, 2.24) is 0 Å². The maximum Gasteiger partial charge on any atom is 0.264 e. The van der Waals surface area contributed by atoms with E-state index >= 15 is 0 Å². The van der Waals surface area contributed by atoms with Crippen LogP contribution < -0.4 is 15.2 Å². The molecule has 3 N–H and O–H groups in total. The molecule has 0 spiro atoms. The lowest BCUT2D eigenvalue weighted by atomic mass is 10.2. The quantitative estimate of drug-likeness (QED) is 0.825. The maximum atomic E-state index is 12.3. The second-order valence-corrected chi connectivity index (χ2v) is 7.69. The van der Waals surface area contributed by atoms with Crippen molar-refractivity contribution >= 4 is 55.9 Å². The van der Waals surface area contributed by atoms with Crippen LogP contribution in [0.4, 0.5) is 11.4 Å². The summed E-state index contributed by atoms with van der Waals surface area (Å²) in [5, 5.41) is 0. The minimum Gasteiger partial charge on any atom is -0.494 e. The minimum absolute atomic E-state index is 0.0759. The molecule has 1 aromatic carbocycles. The number of halogens is 2. The van der Waals surface area contributed by atoms with Crippen LogP contribution >= 0.6 is 34.5 Å². The van der Waals surface area contributed by atoms with E-state index in [0.29, 0.717) is 15.8 Å². The number of sulfonamides is 1. The monoisotopic (exact) mass is 352 g/mol. The number of anilines is 2. The Morgan fingerprint density at radius 2 is 2.00 bits per heavy atom. The minimum atomic E-state index is -3.85. The van der Waals surface area contributed by atoms with E-state index in [9.17, 15) is 8.42 Å². The first-order valence-electron chi connectivity index (χ1n) is 5.24. The summed E-state index contributed by atoms with van der Waals surface area (Å²) in [6, 6.07) is 5.87. The van der Waals surface area contributed by atoms with E-state index in [-0.39, 0.29) is 14.9 Å². The third-order valence-electron chi connectivity index (χ3n) is 2.38. The Morgan fingerprint density at radius 3 is 2.55 bits per heavy atom. The van der Waals surface area contributed by atoms with Gasteiger partial charge >= 0.3 is 0 Å². The van der Waals surface area contributed by atoms with Crippen molar-refractivity contribution in [3.8, 4) is 5.75 Å². The molecule has 9 heteroatoms. The molecule has 108 valence electrons. The van der Waals surface area contributed by atoms with Crippen molar-refractivity contribution < 1.29 is 13.2 Å². The first-order valence-corrected chi connectivity index (χ1v) is 8.30. The highest BCUT2D eigenvalue weighted by Gasteiger charge is 2.22. The topological polar surface area (TPSA) is 81.4 Å². The smallest absolute Gasteiger partial charge is 0.264 e. The van der Waals surface area contributed by atoms with E-state index in [0.717, 1.165) is 11.3 Å². The van der Waals surface area contributed by atoms with Crippen LogP contribution in [0, 0.1) is 0 Å². The summed E-state index contributed by atoms with van der Waals surface area (Å²) >= 11 is 12.6. The number of hydrogen-bond donors (Lipinski definition) is 2. The molecule has 1 aromatic heterocycles. The van der Waals surface area contributed by atoms with Crippen molar-refractivity contribution in [2.75, 3.05) is 17.6 Å². The van der Waals surface area contributed by atoms with Gasteiger partial charge in [-0.05, 0) is 18.2 Å². The summed E-state index contributed by atoms with van der Waals surface area (Å²) in [6.07, 6.45) is 0. The van der Waals surface area contributed by atoms with Gasteiger partial charge in [-0.15, -0.1) is 11.3 Å². The zero-order valence-corrected chi connectivity index (χ0v) is 13.3. The fourth-order valence-corrected chi connectivity index (χ4v) is 4.72. The summed E-state index contributed by atoms with van der Waals surface area (Å²) in [5.74, 6) is 0.311. The molecule has 0 aliphatic carbocycles. The van der Waals surface area contributed by atoms with Crippen molar-refractivity contribution in [3.63, 3.8) is 0 Å². The second-order valence-electron chi connectivity index (χ2n) is 3.75. The van der Waals surface area contributed by atoms with E-state index in [1.165, 1.54) is 25.3 Å². The van der Waals surface area contributed by atoms with Crippen LogP contribution in [-0.2, 0) is 10.0 Å². The largest absolute Gasteiger partial charge is 0.494 e. The molecule has 0 aliphatic heterocycles. The number of nitrogen functional groups attached to an aromatic ring is 1. The van der Waals surface area contributed by atoms with Gasteiger partial charge in [0.15, 0.2) is 0 Å². The SMILES string of the molecule is COc1cc(N)ccc1NS(=O)(=O)c1cc(Cl)sc1Cl. The molecular weight excluding hydrogens is 343 g/mol. The van der Waals surface area contributed by atoms with Gasteiger partial charge in [-0.2, -0.15) is 0 Å². The molecule has 20 heavy (non-hydrogen) atoms. The zero-order chi connectivity index (χ0) is 14.9. The van der Waals surface area contributed by atoms with Gasteiger partial charge in [0.1, 0.15) is 15.0 Å². The Labute approximate surface area is 130 Å². The number of benzene rings is 1. The summed E-state index contributed by atoms with van der Waals surface area (Å²) in [6.45, 7) is 0. The summed E-state index contributed by atoms with van der Waals surface area (Å²) in [4.78, 5) is -0.0759. The second kappa shape index (κ2) is 5.69. The fourth-order valence-electron chi connectivity index (χ4n) is 1.50. The molecule has 0 amide bonds. The van der Waals surface area contributed by atoms with Gasteiger partial charge in [0.05, 0.1) is 17.1 Å². The van der Waals surface area contributed by atoms with Crippen molar-refractivity contribution in [3.05, 3.63) is 32.9 Å².